The molecule has 0 aliphatic carbocycles. The summed E-state index contributed by atoms with van der Waals surface area (Å²) >= 11 is 0. The van der Waals surface area contributed by atoms with Crippen molar-refractivity contribution >= 4 is 28.7 Å². The van der Waals surface area contributed by atoms with E-state index in [0.717, 1.165) is 0 Å². The summed E-state index contributed by atoms with van der Waals surface area (Å²) in [6.07, 6.45) is 0. The summed E-state index contributed by atoms with van der Waals surface area (Å²) in [5.41, 5.74) is 0.0485. The van der Waals surface area contributed by atoms with E-state index in [0.29, 0.717) is 16.9 Å². The molecule has 0 unspecified atom stereocenters. The molecule has 1 aliphatic heterocycles. The molecular formula is C21H13F4N3O2. The number of aliphatic hydroxyl groups excluding tert-OH is 1. The number of halogens is 4. The van der Waals surface area contributed by atoms with E-state index in [-0.39, 0.29) is 12.1 Å². The van der Waals surface area contributed by atoms with E-state index >= 15 is 0 Å². The number of hydrogen-bond acceptors (Lipinski definition) is 4. The zero-order valence-corrected chi connectivity index (χ0v) is 15.2. The highest BCUT2D eigenvalue weighted by Crippen LogP contribution is 2.38. The highest BCUT2D eigenvalue weighted by atomic mass is 19.2. The summed E-state index contributed by atoms with van der Waals surface area (Å²) < 4.78 is 54.5. The Kier molecular flexibility index (Phi) is 4.86. The Morgan fingerprint density at radius 3 is 2.20 bits per heavy atom. The first-order valence-electron chi connectivity index (χ1n) is 8.74. The molecule has 4 rings (SSSR count). The number of nitrogens with one attached hydrogen (secondary N) is 1. The Bertz CT molecular complexity index is 1160. The van der Waals surface area contributed by atoms with E-state index in [1.165, 1.54) is 0 Å². The van der Waals surface area contributed by atoms with E-state index in [2.05, 4.69) is 4.98 Å². The molecule has 0 spiro atoms. The second kappa shape index (κ2) is 7.51. The SMILES string of the molecule is O=C(Nc1c(F)c(F)nc(F)c1F)C1=C(O)c2ccccc2N(c2ccccc2)C1. The normalized spacial score (nSPS) is 13.3. The van der Waals surface area contributed by atoms with Crippen LogP contribution in [0.4, 0.5) is 34.6 Å². The molecule has 0 saturated heterocycles. The van der Waals surface area contributed by atoms with E-state index < -0.39 is 40.9 Å². The van der Waals surface area contributed by atoms with Crippen LogP contribution >= 0.6 is 0 Å². The molecule has 9 heteroatoms. The van der Waals surface area contributed by atoms with Gasteiger partial charge >= 0.3 is 0 Å². The first-order valence-corrected chi connectivity index (χ1v) is 8.74. The largest absolute Gasteiger partial charge is 0.507 e. The third-order valence-corrected chi connectivity index (χ3v) is 4.63. The minimum atomic E-state index is -1.90. The molecule has 1 aromatic heterocycles. The molecule has 1 aliphatic rings. The fourth-order valence-electron chi connectivity index (χ4n) is 3.19. The quantitative estimate of drug-likeness (QED) is 0.481. The molecule has 0 saturated carbocycles. The Morgan fingerprint density at radius 1 is 0.933 bits per heavy atom. The van der Waals surface area contributed by atoms with Crippen LogP contribution in [-0.4, -0.2) is 22.5 Å². The Balaban J connectivity index is 1.77. The van der Waals surface area contributed by atoms with Crippen LogP contribution in [0.2, 0.25) is 0 Å². The molecule has 0 fully saturated rings. The zero-order valence-electron chi connectivity index (χ0n) is 15.2. The van der Waals surface area contributed by atoms with Gasteiger partial charge in [0.05, 0.1) is 17.8 Å². The second-order valence-corrected chi connectivity index (χ2v) is 6.42. The van der Waals surface area contributed by atoms with Crippen molar-refractivity contribution in [3.63, 3.8) is 0 Å². The van der Waals surface area contributed by atoms with Crippen molar-refractivity contribution in [1.82, 2.24) is 4.98 Å². The molecule has 3 aromatic rings. The average molecular weight is 415 g/mol. The minimum Gasteiger partial charge on any atom is -0.507 e. The van der Waals surface area contributed by atoms with Crippen molar-refractivity contribution in [3.8, 4) is 0 Å². The highest BCUT2D eigenvalue weighted by molar-refractivity contribution is 6.10. The molecule has 2 heterocycles. The van der Waals surface area contributed by atoms with Crippen LogP contribution in [0.15, 0.2) is 60.2 Å². The molecule has 152 valence electrons. The van der Waals surface area contributed by atoms with Gasteiger partial charge in [0.2, 0.25) is 11.6 Å². The van der Waals surface area contributed by atoms with Crippen LogP contribution in [0.3, 0.4) is 0 Å². The van der Waals surface area contributed by atoms with Crippen molar-refractivity contribution in [3.05, 3.63) is 89.3 Å². The molecule has 2 N–H and O–H groups in total. The topological polar surface area (TPSA) is 65.5 Å². The van der Waals surface area contributed by atoms with E-state index in [9.17, 15) is 27.5 Å². The maximum Gasteiger partial charge on any atom is 0.257 e. The molecular weight excluding hydrogens is 402 g/mol. The van der Waals surface area contributed by atoms with Gasteiger partial charge in [0.1, 0.15) is 11.4 Å². The number of amides is 1. The predicted octanol–water partition coefficient (Wildman–Crippen LogP) is 4.70. The predicted molar refractivity (Wildman–Crippen MR) is 102 cm³/mol. The standard InChI is InChI=1S/C21H13F4N3O2/c22-15-17(16(23)20(25)27-19(15)24)26-21(30)13-10-28(11-6-2-1-3-7-11)14-9-5-4-8-12(14)18(13)29/h1-9,29H,10H2,(H,26,27,30). The summed E-state index contributed by atoms with van der Waals surface area (Å²) in [4.78, 5) is 16.9. The number of aromatic nitrogens is 1. The smallest absolute Gasteiger partial charge is 0.257 e. The molecule has 0 bridgehead atoms. The molecule has 5 nitrogen and oxygen atoms in total. The summed E-state index contributed by atoms with van der Waals surface area (Å²) in [7, 11) is 0. The van der Waals surface area contributed by atoms with Crippen LogP contribution in [0, 0.1) is 23.5 Å². The lowest BCUT2D eigenvalue weighted by molar-refractivity contribution is -0.112. The number of carbonyl (C=O) groups is 1. The van der Waals surface area contributed by atoms with Crippen molar-refractivity contribution in [2.75, 3.05) is 16.8 Å². The van der Waals surface area contributed by atoms with Crippen LogP contribution in [-0.2, 0) is 4.79 Å². The molecule has 30 heavy (non-hydrogen) atoms. The van der Waals surface area contributed by atoms with Crippen molar-refractivity contribution in [2.45, 2.75) is 0 Å². The van der Waals surface area contributed by atoms with Gasteiger partial charge in [-0.15, -0.1) is 0 Å². The average Bonchev–Trinajstić information content (AvgIpc) is 2.76. The number of nitrogens with zero attached hydrogens (tertiary/aromatic N) is 2. The van der Waals surface area contributed by atoms with E-state index in [1.54, 1.807) is 59.5 Å². The summed E-state index contributed by atoms with van der Waals surface area (Å²) in [5, 5.41) is 12.4. The number of hydrogen-bond donors (Lipinski definition) is 2. The monoisotopic (exact) mass is 415 g/mol. The maximum absolute atomic E-state index is 13.9. The highest BCUT2D eigenvalue weighted by Gasteiger charge is 2.31. The van der Waals surface area contributed by atoms with Crippen LogP contribution in [0.1, 0.15) is 5.56 Å². The molecule has 0 atom stereocenters. The Hall–Kier alpha value is -3.88. The van der Waals surface area contributed by atoms with Crippen LogP contribution < -0.4 is 10.2 Å². The number of rotatable bonds is 3. The first kappa shape index (κ1) is 19.4. The number of anilines is 3. The first-order chi connectivity index (χ1) is 14.4. The fraction of sp³-hybridized carbons (Fsp3) is 0.0476. The van der Waals surface area contributed by atoms with Crippen LogP contribution in [0.5, 0.6) is 0 Å². The maximum atomic E-state index is 13.9. The van der Waals surface area contributed by atoms with E-state index in [4.69, 9.17) is 0 Å². The van der Waals surface area contributed by atoms with Gasteiger partial charge in [0, 0.05) is 11.3 Å². The van der Waals surface area contributed by atoms with E-state index in [1.807, 2.05) is 5.32 Å². The lowest BCUT2D eigenvalue weighted by Crippen LogP contribution is -2.32. The van der Waals surface area contributed by atoms with Gasteiger partial charge in [-0.05, 0) is 24.3 Å². The lowest BCUT2D eigenvalue weighted by atomic mass is 9.99. The van der Waals surface area contributed by atoms with Gasteiger partial charge in [-0.25, -0.2) is 0 Å². The second-order valence-electron chi connectivity index (χ2n) is 6.42. The van der Waals surface area contributed by atoms with Gasteiger partial charge in [-0.2, -0.15) is 22.5 Å². The number of aliphatic hydroxyl groups is 1. The number of fused-ring (bicyclic) bond motifs is 1. The Labute approximate surface area is 167 Å². The van der Waals surface area contributed by atoms with Gasteiger partial charge in [-0.1, -0.05) is 30.3 Å². The zero-order chi connectivity index (χ0) is 21.4. The van der Waals surface area contributed by atoms with Crippen molar-refractivity contribution < 1.29 is 27.5 Å². The number of carbonyl (C=O) groups excluding carboxylic acids is 1. The third kappa shape index (κ3) is 3.24. The molecule has 2 aromatic carbocycles. The lowest BCUT2D eigenvalue weighted by Gasteiger charge is -2.32. The number of benzene rings is 2. The summed E-state index contributed by atoms with van der Waals surface area (Å²) in [6, 6.07) is 15.6. The van der Waals surface area contributed by atoms with Gasteiger partial charge in [0.25, 0.3) is 17.8 Å². The molecule has 0 radical (unpaired) electrons. The van der Waals surface area contributed by atoms with Crippen molar-refractivity contribution in [1.29, 1.82) is 0 Å². The third-order valence-electron chi connectivity index (χ3n) is 4.63. The summed E-state index contributed by atoms with van der Waals surface area (Å²) in [5.74, 6) is -9.03. The molecule has 1 amide bonds. The van der Waals surface area contributed by atoms with Gasteiger partial charge in [0.15, 0.2) is 0 Å². The minimum absolute atomic E-state index is 0.155. The van der Waals surface area contributed by atoms with Gasteiger partial charge in [-0.3, -0.25) is 4.79 Å². The van der Waals surface area contributed by atoms with Crippen LogP contribution in [0.25, 0.3) is 5.76 Å². The number of pyridine rings is 1. The number of para-hydroxylation sites is 2. The fourth-order valence-corrected chi connectivity index (χ4v) is 3.19. The van der Waals surface area contributed by atoms with Crippen molar-refractivity contribution in [2.24, 2.45) is 0 Å². The van der Waals surface area contributed by atoms with Gasteiger partial charge < -0.3 is 15.3 Å². The summed E-state index contributed by atoms with van der Waals surface area (Å²) in [6.45, 7) is -0.155. The Morgan fingerprint density at radius 2 is 1.53 bits per heavy atom.